The Balaban J connectivity index is 1.60. The number of hydrogen-bond acceptors (Lipinski definition) is 6. The topological polar surface area (TPSA) is 110 Å². The molecule has 0 spiro atoms. The van der Waals surface area contributed by atoms with Gasteiger partial charge in [0, 0.05) is 24.3 Å². The van der Waals surface area contributed by atoms with Crippen molar-refractivity contribution in [3.63, 3.8) is 0 Å². The van der Waals surface area contributed by atoms with Gasteiger partial charge in [0.15, 0.2) is 5.82 Å². The highest BCUT2D eigenvalue weighted by Gasteiger charge is 2.31. The number of carbonyl (C=O) groups excluding carboxylic acids is 1. The number of carbonyl (C=O) groups is 1. The Morgan fingerprint density at radius 2 is 2.07 bits per heavy atom. The van der Waals surface area contributed by atoms with Crippen molar-refractivity contribution < 1.29 is 13.2 Å². The monoisotopic (exact) mass is 426 g/mol. The number of hydrogen-bond donors (Lipinski definition) is 1. The van der Waals surface area contributed by atoms with E-state index in [2.05, 4.69) is 20.4 Å². The fraction of sp³-hybridized carbons (Fsp3) is 0.300. The minimum Gasteiger partial charge on any atom is -0.319 e. The fourth-order valence-corrected chi connectivity index (χ4v) is 5.30. The molecule has 156 valence electrons. The highest BCUT2D eigenvalue weighted by molar-refractivity contribution is 7.89. The lowest BCUT2D eigenvalue weighted by molar-refractivity contribution is 0.102. The van der Waals surface area contributed by atoms with Crippen molar-refractivity contribution in [3.05, 3.63) is 60.8 Å². The molecule has 1 atom stereocenters. The zero-order valence-corrected chi connectivity index (χ0v) is 17.3. The first-order chi connectivity index (χ1) is 14.5. The van der Waals surface area contributed by atoms with Crippen LogP contribution >= 0.6 is 0 Å². The van der Waals surface area contributed by atoms with Crippen LogP contribution in [0.15, 0.2) is 60.1 Å². The molecule has 4 rings (SSSR count). The summed E-state index contributed by atoms with van der Waals surface area (Å²) in [6, 6.07) is 9.43. The van der Waals surface area contributed by atoms with E-state index < -0.39 is 15.9 Å². The Kier molecular flexibility index (Phi) is 5.60. The maximum atomic E-state index is 13.1. The number of amides is 1. The van der Waals surface area contributed by atoms with Gasteiger partial charge in [0.1, 0.15) is 12.7 Å². The number of nitrogens with one attached hydrogen (secondary N) is 1. The average Bonchev–Trinajstić information content (AvgIpc) is 3.29. The summed E-state index contributed by atoms with van der Waals surface area (Å²) >= 11 is 0. The van der Waals surface area contributed by atoms with E-state index in [0.717, 1.165) is 19.3 Å². The number of benzene rings is 1. The van der Waals surface area contributed by atoms with Gasteiger partial charge >= 0.3 is 0 Å². The van der Waals surface area contributed by atoms with Crippen molar-refractivity contribution in [2.24, 2.45) is 0 Å². The van der Waals surface area contributed by atoms with E-state index in [1.165, 1.54) is 33.8 Å². The molecule has 0 aliphatic carbocycles. The summed E-state index contributed by atoms with van der Waals surface area (Å²) in [5, 5.41) is 6.82. The molecule has 1 N–H and O–H groups in total. The Morgan fingerprint density at radius 1 is 1.20 bits per heavy atom. The highest BCUT2D eigenvalue weighted by atomic mass is 32.2. The van der Waals surface area contributed by atoms with Crippen molar-refractivity contribution >= 4 is 21.6 Å². The largest absolute Gasteiger partial charge is 0.319 e. The van der Waals surface area contributed by atoms with E-state index in [1.807, 2.05) is 6.92 Å². The first kappa shape index (κ1) is 20.2. The van der Waals surface area contributed by atoms with Crippen LogP contribution in [0.2, 0.25) is 0 Å². The summed E-state index contributed by atoms with van der Waals surface area (Å²) < 4.78 is 29.2. The van der Waals surface area contributed by atoms with Crippen molar-refractivity contribution in [1.29, 1.82) is 0 Å². The second-order valence-electron chi connectivity index (χ2n) is 7.16. The lowest BCUT2D eigenvalue weighted by Crippen LogP contribution is -2.41. The van der Waals surface area contributed by atoms with E-state index in [9.17, 15) is 13.2 Å². The number of sulfonamides is 1. The predicted molar refractivity (Wildman–Crippen MR) is 111 cm³/mol. The molecule has 1 unspecified atom stereocenters. The van der Waals surface area contributed by atoms with Gasteiger partial charge in [0.2, 0.25) is 10.0 Å². The SMILES string of the molecule is CC1CCCCN1S(=O)(=O)c1cccc(C(=O)Nc2cccnc2-n2cncn2)c1. The van der Waals surface area contributed by atoms with Crippen LogP contribution in [-0.2, 0) is 10.0 Å². The second kappa shape index (κ2) is 8.33. The molecule has 1 aliphatic rings. The first-order valence-electron chi connectivity index (χ1n) is 9.70. The van der Waals surface area contributed by atoms with Gasteiger partial charge in [-0.3, -0.25) is 4.79 Å². The molecular formula is C20H22N6O3S. The number of anilines is 1. The van der Waals surface area contributed by atoms with Crippen LogP contribution in [0.5, 0.6) is 0 Å². The van der Waals surface area contributed by atoms with E-state index in [4.69, 9.17) is 0 Å². The quantitative estimate of drug-likeness (QED) is 0.671. The second-order valence-corrected chi connectivity index (χ2v) is 9.05. The van der Waals surface area contributed by atoms with Gasteiger partial charge in [0.25, 0.3) is 5.91 Å². The lowest BCUT2D eigenvalue weighted by atomic mass is 10.1. The van der Waals surface area contributed by atoms with Crippen LogP contribution < -0.4 is 5.32 Å². The molecule has 0 bridgehead atoms. The van der Waals surface area contributed by atoms with E-state index in [1.54, 1.807) is 30.5 Å². The molecule has 3 aromatic rings. The lowest BCUT2D eigenvalue weighted by Gasteiger charge is -2.32. The summed E-state index contributed by atoms with van der Waals surface area (Å²) in [5.41, 5.74) is 0.681. The molecule has 2 aromatic heterocycles. The molecule has 9 nitrogen and oxygen atoms in total. The van der Waals surface area contributed by atoms with Gasteiger partial charge in [-0.15, -0.1) is 0 Å². The van der Waals surface area contributed by atoms with Gasteiger partial charge in [-0.05, 0) is 50.1 Å². The van der Waals surface area contributed by atoms with Crippen molar-refractivity contribution in [2.75, 3.05) is 11.9 Å². The van der Waals surface area contributed by atoms with Crippen LogP contribution in [0.3, 0.4) is 0 Å². The number of rotatable bonds is 5. The van der Waals surface area contributed by atoms with Crippen LogP contribution in [0, 0.1) is 0 Å². The Hall–Kier alpha value is -3.11. The van der Waals surface area contributed by atoms with E-state index in [-0.39, 0.29) is 16.5 Å². The van der Waals surface area contributed by atoms with Gasteiger partial charge in [-0.1, -0.05) is 12.5 Å². The third-order valence-corrected chi connectivity index (χ3v) is 7.13. The Bertz CT molecular complexity index is 1150. The van der Waals surface area contributed by atoms with Crippen molar-refractivity contribution in [1.82, 2.24) is 24.1 Å². The zero-order valence-electron chi connectivity index (χ0n) is 16.5. The van der Waals surface area contributed by atoms with E-state index in [0.29, 0.717) is 18.1 Å². The van der Waals surface area contributed by atoms with E-state index >= 15 is 0 Å². The minimum atomic E-state index is -3.67. The summed E-state index contributed by atoms with van der Waals surface area (Å²) in [5.74, 6) is -0.0256. The van der Waals surface area contributed by atoms with Crippen LogP contribution in [0.4, 0.5) is 5.69 Å². The van der Waals surface area contributed by atoms with Crippen LogP contribution in [0.1, 0.15) is 36.5 Å². The summed E-state index contributed by atoms with van der Waals surface area (Å²) in [4.78, 5) is 21.1. The van der Waals surface area contributed by atoms with Crippen LogP contribution in [-0.4, -0.2) is 51.0 Å². The predicted octanol–water partition coefficient (Wildman–Crippen LogP) is 2.48. The fourth-order valence-electron chi connectivity index (χ4n) is 3.55. The number of nitrogens with zero attached hydrogens (tertiary/aromatic N) is 5. The van der Waals surface area contributed by atoms with Crippen molar-refractivity contribution in [3.8, 4) is 5.82 Å². The standard InChI is InChI=1S/C20H22N6O3S/c1-15-6-2-3-11-26(15)30(28,29)17-8-4-7-16(12-17)20(27)24-18-9-5-10-22-19(18)25-14-21-13-23-25/h4-5,7-10,12-15H,2-3,6,11H2,1H3,(H,24,27). The molecule has 1 saturated heterocycles. The highest BCUT2D eigenvalue weighted by Crippen LogP contribution is 2.26. The third kappa shape index (κ3) is 3.96. The first-order valence-corrected chi connectivity index (χ1v) is 11.1. The van der Waals surface area contributed by atoms with Gasteiger partial charge < -0.3 is 5.32 Å². The number of piperidine rings is 1. The third-order valence-electron chi connectivity index (χ3n) is 5.12. The van der Waals surface area contributed by atoms with Gasteiger partial charge in [-0.25, -0.2) is 23.1 Å². The maximum absolute atomic E-state index is 13.1. The summed E-state index contributed by atoms with van der Waals surface area (Å²) in [7, 11) is -3.67. The summed E-state index contributed by atoms with van der Waals surface area (Å²) in [6.07, 6.45) is 7.14. The molecule has 0 radical (unpaired) electrons. The zero-order chi connectivity index (χ0) is 21.1. The Morgan fingerprint density at radius 3 is 2.83 bits per heavy atom. The molecule has 1 amide bonds. The molecule has 3 heterocycles. The molecule has 0 saturated carbocycles. The summed E-state index contributed by atoms with van der Waals surface area (Å²) in [6.45, 7) is 2.41. The molecule has 1 aromatic carbocycles. The molecule has 1 aliphatic heterocycles. The van der Waals surface area contributed by atoms with Gasteiger partial charge in [-0.2, -0.15) is 9.40 Å². The van der Waals surface area contributed by atoms with Crippen LogP contribution in [0.25, 0.3) is 5.82 Å². The number of pyridine rings is 1. The average molecular weight is 427 g/mol. The smallest absolute Gasteiger partial charge is 0.255 e. The minimum absolute atomic E-state index is 0.0538. The molecule has 1 fully saturated rings. The molecular weight excluding hydrogens is 404 g/mol. The molecule has 30 heavy (non-hydrogen) atoms. The molecule has 10 heteroatoms. The normalized spacial score (nSPS) is 17.6. The Labute approximate surface area is 174 Å². The number of aromatic nitrogens is 4. The van der Waals surface area contributed by atoms with Crippen molar-refractivity contribution in [2.45, 2.75) is 37.1 Å². The maximum Gasteiger partial charge on any atom is 0.255 e. The van der Waals surface area contributed by atoms with Gasteiger partial charge in [0.05, 0.1) is 10.6 Å².